The molecule has 0 radical (unpaired) electrons. The van der Waals surface area contributed by atoms with Crippen LogP contribution in [-0.4, -0.2) is 42.4 Å². The lowest BCUT2D eigenvalue weighted by molar-refractivity contribution is 0.0496. The SMILES string of the molecule is COC1CN(c2ccc(C(=O)O)c(C)n2)CCC1C. The zero-order valence-corrected chi connectivity index (χ0v) is 11.6. The molecule has 2 heterocycles. The Balaban J connectivity index is 2.18. The number of aromatic nitrogens is 1. The van der Waals surface area contributed by atoms with Crippen molar-refractivity contribution in [1.82, 2.24) is 4.98 Å². The Hall–Kier alpha value is -1.62. The Kier molecular flexibility index (Phi) is 4.04. The third-order valence-corrected chi connectivity index (χ3v) is 3.82. The normalized spacial score (nSPS) is 23.4. The number of ether oxygens (including phenoxy) is 1. The van der Waals surface area contributed by atoms with Gasteiger partial charge >= 0.3 is 5.97 Å². The van der Waals surface area contributed by atoms with Gasteiger partial charge in [-0.05, 0) is 31.4 Å². The van der Waals surface area contributed by atoms with Gasteiger partial charge in [-0.15, -0.1) is 0 Å². The van der Waals surface area contributed by atoms with Crippen molar-refractivity contribution in [2.24, 2.45) is 5.92 Å². The molecule has 1 fully saturated rings. The molecule has 0 bridgehead atoms. The van der Waals surface area contributed by atoms with Gasteiger partial charge in [-0.3, -0.25) is 0 Å². The number of piperidine rings is 1. The summed E-state index contributed by atoms with van der Waals surface area (Å²) in [6.07, 6.45) is 1.26. The molecule has 19 heavy (non-hydrogen) atoms. The molecule has 1 aliphatic heterocycles. The lowest BCUT2D eigenvalue weighted by Gasteiger charge is -2.37. The van der Waals surface area contributed by atoms with Crippen molar-refractivity contribution in [2.75, 3.05) is 25.1 Å². The van der Waals surface area contributed by atoms with Crippen LogP contribution in [0, 0.1) is 12.8 Å². The smallest absolute Gasteiger partial charge is 0.337 e. The summed E-state index contributed by atoms with van der Waals surface area (Å²) in [7, 11) is 1.73. The molecule has 2 unspecified atom stereocenters. The van der Waals surface area contributed by atoms with Crippen LogP contribution in [0.4, 0.5) is 5.82 Å². The van der Waals surface area contributed by atoms with Gasteiger partial charge in [0.05, 0.1) is 17.4 Å². The number of hydrogen-bond donors (Lipinski definition) is 1. The van der Waals surface area contributed by atoms with Gasteiger partial charge in [-0.25, -0.2) is 9.78 Å². The van der Waals surface area contributed by atoms with E-state index in [4.69, 9.17) is 9.84 Å². The summed E-state index contributed by atoms with van der Waals surface area (Å²) < 4.78 is 5.48. The van der Waals surface area contributed by atoms with E-state index in [9.17, 15) is 4.79 Å². The number of hydrogen-bond acceptors (Lipinski definition) is 4. The van der Waals surface area contributed by atoms with Gasteiger partial charge in [-0.1, -0.05) is 6.92 Å². The number of carboxylic acid groups (broad SMARTS) is 1. The lowest BCUT2D eigenvalue weighted by atomic mass is 9.96. The molecule has 0 saturated carbocycles. The average molecular weight is 264 g/mol. The van der Waals surface area contributed by atoms with Crippen molar-refractivity contribution < 1.29 is 14.6 Å². The molecule has 0 spiro atoms. The van der Waals surface area contributed by atoms with E-state index >= 15 is 0 Å². The van der Waals surface area contributed by atoms with Crippen molar-refractivity contribution in [3.63, 3.8) is 0 Å². The fraction of sp³-hybridized carbons (Fsp3) is 0.571. The fourth-order valence-electron chi connectivity index (χ4n) is 2.50. The van der Waals surface area contributed by atoms with Gasteiger partial charge in [-0.2, -0.15) is 0 Å². The summed E-state index contributed by atoms with van der Waals surface area (Å²) in [5.41, 5.74) is 0.815. The zero-order chi connectivity index (χ0) is 14.0. The van der Waals surface area contributed by atoms with Gasteiger partial charge in [0.1, 0.15) is 5.82 Å². The van der Waals surface area contributed by atoms with Gasteiger partial charge < -0.3 is 14.7 Å². The highest BCUT2D eigenvalue weighted by atomic mass is 16.5. The number of nitrogens with zero attached hydrogens (tertiary/aromatic N) is 2. The standard InChI is InChI=1S/C14H20N2O3/c1-9-6-7-16(8-12(9)19-3)13-5-4-11(14(17)18)10(2)15-13/h4-5,9,12H,6-8H2,1-3H3,(H,17,18). The van der Waals surface area contributed by atoms with E-state index in [0.29, 0.717) is 11.6 Å². The molecule has 5 nitrogen and oxygen atoms in total. The van der Waals surface area contributed by atoms with Crippen LogP contribution in [0.3, 0.4) is 0 Å². The van der Waals surface area contributed by atoms with Gasteiger partial charge in [0.2, 0.25) is 0 Å². The van der Waals surface area contributed by atoms with Crippen LogP contribution >= 0.6 is 0 Å². The summed E-state index contributed by atoms with van der Waals surface area (Å²) in [5.74, 6) is 0.440. The highest BCUT2D eigenvalue weighted by molar-refractivity contribution is 5.89. The van der Waals surface area contributed by atoms with Crippen molar-refractivity contribution in [3.05, 3.63) is 23.4 Å². The van der Waals surface area contributed by atoms with E-state index < -0.39 is 5.97 Å². The third-order valence-electron chi connectivity index (χ3n) is 3.82. The van der Waals surface area contributed by atoms with E-state index in [2.05, 4.69) is 16.8 Å². The Morgan fingerprint density at radius 1 is 1.53 bits per heavy atom. The van der Waals surface area contributed by atoms with Crippen LogP contribution in [0.25, 0.3) is 0 Å². The number of pyridine rings is 1. The summed E-state index contributed by atoms with van der Waals surface area (Å²) in [6, 6.07) is 3.40. The minimum absolute atomic E-state index is 0.204. The molecule has 1 aliphatic rings. The molecule has 104 valence electrons. The second-order valence-electron chi connectivity index (χ2n) is 5.09. The first-order valence-corrected chi connectivity index (χ1v) is 6.51. The predicted molar refractivity (Wildman–Crippen MR) is 72.7 cm³/mol. The van der Waals surface area contributed by atoms with Crippen molar-refractivity contribution in [1.29, 1.82) is 0 Å². The average Bonchev–Trinajstić information content (AvgIpc) is 2.38. The summed E-state index contributed by atoms with van der Waals surface area (Å²) in [6.45, 7) is 5.65. The molecule has 2 rings (SSSR count). The van der Waals surface area contributed by atoms with E-state index in [-0.39, 0.29) is 11.7 Å². The number of aromatic carboxylic acids is 1. The molecule has 1 N–H and O–H groups in total. The van der Waals surface area contributed by atoms with Crippen molar-refractivity contribution >= 4 is 11.8 Å². The van der Waals surface area contributed by atoms with Crippen molar-refractivity contribution in [2.45, 2.75) is 26.4 Å². The van der Waals surface area contributed by atoms with Gasteiger partial charge in [0.15, 0.2) is 0 Å². The third kappa shape index (κ3) is 2.87. The summed E-state index contributed by atoms with van der Waals surface area (Å²) in [4.78, 5) is 17.5. The molecular weight excluding hydrogens is 244 g/mol. The molecule has 0 aliphatic carbocycles. The quantitative estimate of drug-likeness (QED) is 0.904. The highest BCUT2D eigenvalue weighted by Crippen LogP contribution is 2.24. The van der Waals surface area contributed by atoms with Crippen molar-refractivity contribution in [3.8, 4) is 0 Å². The molecular formula is C14H20N2O3. The number of carboxylic acids is 1. The Bertz CT molecular complexity index is 476. The van der Waals surface area contributed by atoms with Crippen LogP contribution < -0.4 is 4.90 Å². The Labute approximate surface area is 113 Å². The molecule has 0 aromatic carbocycles. The Morgan fingerprint density at radius 2 is 2.26 bits per heavy atom. The highest BCUT2D eigenvalue weighted by Gasteiger charge is 2.27. The number of carbonyl (C=O) groups is 1. The van der Waals surface area contributed by atoms with Crippen LogP contribution in [-0.2, 0) is 4.74 Å². The zero-order valence-electron chi connectivity index (χ0n) is 11.6. The molecule has 1 saturated heterocycles. The topological polar surface area (TPSA) is 62.7 Å². The first kappa shape index (κ1) is 13.8. The number of anilines is 1. The van der Waals surface area contributed by atoms with Gasteiger partial charge in [0.25, 0.3) is 0 Å². The minimum Gasteiger partial charge on any atom is -0.478 e. The van der Waals surface area contributed by atoms with Crippen LogP contribution in [0.15, 0.2) is 12.1 Å². The molecule has 5 heteroatoms. The van der Waals surface area contributed by atoms with E-state index in [1.807, 2.05) is 0 Å². The molecule has 1 aromatic rings. The number of methoxy groups -OCH3 is 1. The maximum Gasteiger partial charge on any atom is 0.337 e. The first-order valence-electron chi connectivity index (χ1n) is 6.51. The monoisotopic (exact) mass is 264 g/mol. The maximum absolute atomic E-state index is 11.0. The minimum atomic E-state index is -0.932. The van der Waals surface area contributed by atoms with Crippen LogP contribution in [0.2, 0.25) is 0 Å². The van der Waals surface area contributed by atoms with Gasteiger partial charge in [0, 0.05) is 20.2 Å². The second kappa shape index (κ2) is 5.57. The summed E-state index contributed by atoms with van der Waals surface area (Å²) >= 11 is 0. The first-order chi connectivity index (χ1) is 9.02. The number of rotatable bonds is 3. The number of aryl methyl sites for hydroxylation is 1. The van der Waals surface area contributed by atoms with E-state index in [1.165, 1.54) is 0 Å². The van der Waals surface area contributed by atoms with Crippen LogP contribution in [0.5, 0.6) is 0 Å². The Morgan fingerprint density at radius 3 is 2.84 bits per heavy atom. The molecule has 0 amide bonds. The second-order valence-corrected chi connectivity index (χ2v) is 5.09. The predicted octanol–water partition coefficient (Wildman–Crippen LogP) is 1.95. The maximum atomic E-state index is 11.0. The molecule has 2 atom stereocenters. The lowest BCUT2D eigenvalue weighted by Crippen LogP contribution is -2.44. The van der Waals surface area contributed by atoms with Crippen LogP contribution in [0.1, 0.15) is 29.4 Å². The van der Waals surface area contributed by atoms with E-state index in [0.717, 1.165) is 25.3 Å². The largest absolute Gasteiger partial charge is 0.478 e. The molecule has 1 aromatic heterocycles. The van der Waals surface area contributed by atoms with E-state index in [1.54, 1.807) is 26.2 Å². The fourth-order valence-corrected chi connectivity index (χ4v) is 2.50. The summed E-state index contributed by atoms with van der Waals surface area (Å²) in [5, 5.41) is 9.01.